The fourth-order valence-corrected chi connectivity index (χ4v) is 7.20. The number of nitrogens with one attached hydrogen (secondary N) is 1. The van der Waals surface area contributed by atoms with Gasteiger partial charge in [-0.1, -0.05) is 108 Å². The quantitative estimate of drug-likeness (QED) is 0.0642. The van der Waals surface area contributed by atoms with Crippen LogP contribution in [0.5, 0.6) is 0 Å². The molecule has 0 aromatic carbocycles. The Morgan fingerprint density at radius 2 is 1.23 bits per heavy atom. The molecule has 0 unspecified atom stereocenters. The van der Waals surface area contributed by atoms with Crippen molar-refractivity contribution in [1.29, 1.82) is 0 Å². The zero-order chi connectivity index (χ0) is 45.3. The van der Waals surface area contributed by atoms with E-state index in [0.717, 1.165) is 89.9 Å². The van der Waals surface area contributed by atoms with Crippen LogP contribution < -0.4 is 5.32 Å². The van der Waals surface area contributed by atoms with Crippen LogP contribution in [0.15, 0.2) is 18.3 Å². The van der Waals surface area contributed by atoms with Gasteiger partial charge in [-0.05, 0) is 153 Å². The van der Waals surface area contributed by atoms with Gasteiger partial charge >= 0.3 is 0 Å². The third-order valence-corrected chi connectivity index (χ3v) is 14.7. The minimum absolute atomic E-state index is 0.00463. The number of hydrogen-bond acceptors (Lipinski definition) is 5. The zero-order valence-corrected chi connectivity index (χ0v) is 42.2. The Morgan fingerprint density at radius 3 is 1.70 bits per heavy atom. The molecule has 1 N–H and O–H groups in total. The molecule has 6 heteroatoms. The van der Waals surface area contributed by atoms with Crippen LogP contribution in [0.2, 0.25) is 0 Å². The summed E-state index contributed by atoms with van der Waals surface area (Å²) < 4.78 is 1.97. The van der Waals surface area contributed by atoms with Crippen LogP contribution in [0, 0.1) is 52.3 Å². The van der Waals surface area contributed by atoms with Crippen LogP contribution >= 0.6 is 0 Å². The van der Waals surface area contributed by atoms with E-state index < -0.39 is 0 Å². The van der Waals surface area contributed by atoms with E-state index in [9.17, 15) is 0 Å². The zero-order valence-electron chi connectivity index (χ0n) is 42.2. The predicted octanol–water partition coefficient (Wildman–Crippen LogP) is 12.7. The second-order valence-corrected chi connectivity index (χ2v) is 22.2. The monoisotopic (exact) mass is 795 g/mol. The summed E-state index contributed by atoms with van der Waals surface area (Å²) in [5.41, 5.74) is 2.96. The maximum atomic E-state index is 5.79. The molecule has 0 bridgehead atoms. The van der Waals surface area contributed by atoms with Crippen molar-refractivity contribution in [3.63, 3.8) is 0 Å². The maximum absolute atomic E-state index is 5.79. The Bertz CT molecular complexity index is 1330. The molecule has 0 spiro atoms. The molecule has 0 aliphatic heterocycles. The molecule has 6 nitrogen and oxygen atoms in total. The van der Waals surface area contributed by atoms with Gasteiger partial charge in [0.25, 0.3) is 0 Å². The fourth-order valence-electron chi connectivity index (χ4n) is 7.20. The van der Waals surface area contributed by atoms with Gasteiger partial charge in [-0.3, -0.25) is 14.5 Å². The van der Waals surface area contributed by atoms with Crippen LogP contribution in [0.1, 0.15) is 196 Å². The van der Waals surface area contributed by atoms with Crippen molar-refractivity contribution in [2.75, 3.05) is 32.7 Å². The lowest BCUT2D eigenvalue weighted by molar-refractivity contribution is -0.0424. The van der Waals surface area contributed by atoms with Crippen molar-refractivity contribution in [2.24, 2.45) is 27.1 Å². The molecule has 1 rings (SSSR count). The molecule has 0 fully saturated rings. The van der Waals surface area contributed by atoms with E-state index in [1.165, 1.54) is 12.0 Å². The molecule has 0 saturated heterocycles. The van der Waals surface area contributed by atoms with Crippen molar-refractivity contribution >= 4 is 0 Å². The second-order valence-electron chi connectivity index (χ2n) is 22.2. The van der Waals surface area contributed by atoms with Crippen LogP contribution in [-0.4, -0.2) is 74.1 Å². The fraction of sp³-hybridized carbons (Fsp3) is 0.843. The molecular formula is C51H98N6. The molecule has 0 saturated carbocycles. The van der Waals surface area contributed by atoms with E-state index in [-0.39, 0.29) is 38.3 Å². The summed E-state index contributed by atoms with van der Waals surface area (Å²) in [4.78, 5) is 5.55. The van der Waals surface area contributed by atoms with E-state index >= 15 is 0 Å². The number of aromatic nitrogens is 3. The van der Waals surface area contributed by atoms with Gasteiger partial charge < -0.3 is 5.32 Å². The molecule has 0 aliphatic carbocycles. The third kappa shape index (κ3) is 17.6. The van der Waals surface area contributed by atoms with Crippen LogP contribution in [0.4, 0.5) is 0 Å². The number of rotatable bonds is 24. The molecule has 1 aromatic heterocycles. The minimum atomic E-state index is -0.0257. The number of unbranched alkanes of at least 4 members (excludes halogenated alkanes) is 1. The van der Waals surface area contributed by atoms with E-state index in [4.69, 9.17) is 6.42 Å². The largest absolute Gasteiger partial charge is 0.311 e. The first-order valence-electron chi connectivity index (χ1n) is 22.4. The van der Waals surface area contributed by atoms with Crippen molar-refractivity contribution in [2.45, 2.75) is 220 Å². The summed E-state index contributed by atoms with van der Waals surface area (Å²) in [6, 6.07) is 0. The second kappa shape index (κ2) is 23.6. The highest BCUT2D eigenvalue weighted by molar-refractivity contribution is 5.04. The molecule has 57 heavy (non-hydrogen) atoms. The lowest BCUT2D eigenvalue weighted by atomic mass is 9.57. The highest BCUT2D eigenvalue weighted by atomic mass is 15.4. The van der Waals surface area contributed by atoms with Gasteiger partial charge in [-0.15, -0.1) is 36.9 Å². The molecule has 0 amide bonds. The van der Waals surface area contributed by atoms with Crippen LogP contribution in [0.3, 0.4) is 0 Å². The Morgan fingerprint density at radius 1 is 0.737 bits per heavy atom. The topological polar surface area (TPSA) is 49.2 Å². The van der Waals surface area contributed by atoms with E-state index in [1.54, 1.807) is 0 Å². The molecular weight excluding hydrogens is 697 g/mol. The van der Waals surface area contributed by atoms with Gasteiger partial charge in [0.2, 0.25) is 0 Å². The molecule has 1 aromatic rings. The molecule has 0 radical (unpaired) electrons. The van der Waals surface area contributed by atoms with Gasteiger partial charge in [-0.25, -0.2) is 0 Å². The van der Waals surface area contributed by atoms with Gasteiger partial charge in [0, 0.05) is 35.8 Å². The maximum Gasteiger partial charge on any atom is 0.0827 e. The minimum Gasteiger partial charge on any atom is -0.311 e. The van der Waals surface area contributed by atoms with Gasteiger partial charge in [0.15, 0.2) is 0 Å². The molecule has 1 heterocycles. The first kappa shape index (κ1) is 57.0. The summed E-state index contributed by atoms with van der Waals surface area (Å²) in [5, 5.41) is 12.9. The highest BCUT2D eigenvalue weighted by Gasteiger charge is 2.49. The SMILES string of the molecule is C#C.C#CCCCN(CCC(C)(C)C(C)(C)C(C)(C)NCCC(C)(C)C)C(C)(C)C(C)(C)CCN(CCCc1cn(CCC(=C)C)nn1)C(C)(C)C(C)(C)C.CC. The Labute approximate surface area is 357 Å². The molecule has 0 atom stereocenters. The first-order chi connectivity index (χ1) is 25.8. The van der Waals surface area contributed by atoms with Gasteiger partial charge in [0.05, 0.1) is 5.69 Å². The summed E-state index contributed by atoms with van der Waals surface area (Å²) >= 11 is 0. The lowest BCUT2D eigenvalue weighted by Crippen LogP contribution is -2.60. The number of hydrogen-bond donors (Lipinski definition) is 1. The lowest BCUT2D eigenvalue weighted by Gasteiger charge is -2.55. The highest BCUT2D eigenvalue weighted by Crippen LogP contribution is 2.50. The van der Waals surface area contributed by atoms with E-state index in [2.05, 4.69) is 189 Å². The average molecular weight is 795 g/mol. The molecule has 0 aliphatic rings. The van der Waals surface area contributed by atoms with Crippen molar-refractivity contribution < 1.29 is 0 Å². The van der Waals surface area contributed by atoms with E-state index in [0.29, 0.717) is 5.41 Å². The third-order valence-electron chi connectivity index (χ3n) is 14.7. The first-order valence-corrected chi connectivity index (χ1v) is 22.4. The number of allylic oxidation sites excluding steroid dienone is 1. The summed E-state index contributed by atoms with van der Waals surface area (Å²) in [6.45, 7) is 60.0. The Kier molecular flexibility index (Phi) is 23.6. The van der Waals surface area contributed by atoms with Gasteiger partial charge in [0.1, 0.15) is 0 Å². The number of terminal acetylenes is 2. The average Bonchev–Trinajstić information content (AvgIpc) is 3.54. The number of nitrogens with zero attached hydrogens (tertiary/aromatic N) is 5. The Balaban J connectivity index is 0. The smallest absolute Gasteiger partial charge is 0.0827 e. The Hall–Kier alpha value is -2.12. The molecule has 332 valence electrons. The van der Waals surface area contributed by atoms with Gasteiger partial charge in [-0.2, -0.15) is 0 Å². The summed E-state index contributed by atoms with van der Waals surface area (Å²) in [7, 11) is 0. The van der Waals surface area contributed by atoms with E-state index in [1.807, 2.05) is 18.5 Å². The van der Waals surface area contributed by atoms with Crippen molar-refractivity contribution in [1.82, 2.24) is 30.1 Å². The summed E-state index contributed by atoms with van der Waals surface area (Å²) in [5.74, 6) is 2.92. The predicted molar refractivity (Wildman–Crippen MR) is 255 cm³/mol. The summed E-state index contributed by atoms with van der Waals surface area (Å²) in [6.07, 6.45) is 24.1. The van der Waals surface area contributed by atoms with Crippen LogP contribution in [0.25, 0.3) is 0 Å². The van der Waals surface area contributed by atoms with Crippen molar-refractivity contribution in [3.05, 3.63) is 24.0 Å². The number of aryl methyl sites for hydroxylation is 2. The standard InChI is InChI=1S/C47H90N6.C2H6.C2H2/c1-22-23-24-32-52(35-29-42(10,11)44(14,15)45(16,17)48-31-28-40(4,5)6)47(20,21)43(12,13)30-36-51(46(18,19)41(7,8)9)33-25-26-39-37-53(50-49-39)34-27-38(2)3;2*1-2/h1,37,48H,2,23-36H2,3-21H3;1-2H3;1-2H. The normalized spacial score (nSPS) is 13.5. The van der Waals surface area contributed by atoms with Crippen molar-refractivity contribution in [3.8, 4) is 25.2 Å². The van der Waals surface area contributed by atoms with Crippen LogP contribution in [-0.2, 0) is 13.0 Å².